The highest BCUT2D eigenvalue weighted by atomic mass is 35.5. The summed E-state index contributed by atoms with van der Waals surface area (Å²) in [4.78, 5) is 27.6. The molecule has 0 aliphatic carbocycles. The van der Waals surface area contributed by atoms with Crippen molar-refractivity contribution < 1.29 is 22.7 Å². The van der Waals surface area contributed by atoms with Crippen molar-refractivity contribution in [3.8, 4) is 0 Å². The Morgan fingerprint density at radius 3 is 2.45 bits per heavy atom. The zero-order valence-electron chi connectivity index (χ0n) is 17.2. The lowest BCUT2D eigenvalue weighted by Gasteiger charge is -2.29. The van der Waals surface area contributed by atoms with Gasteiger partial charge in [-0.15, -0.1) is 0 Å². The van der Waals surface area contributed by atoms with Gasteiger partial charge in [0.2, 0.25) is 15.9 Å². The minimum atomic E-state index is -3.79. The number of nitrogens with zero attached hydrogens (tertiary/aromatic N) is 2. The molecule has 0 aromatic heterocycles. The molecule has 0 bridgehead atoms. The van der Waals surface area contributed by atoms with Crippen LogP contribution in [-0.2, 0) is 19.6 Å². The fraction of sp³-hybridized carbons (Fsp3) is 0.333. The molecule has 3 rings (SSSR count). The maximum atomic E-state index is 13.0. The van der Waals surface area contributed by atoms with Gasteiger partial charge < -0.3 is 15.0 Å². The number of amides is 2. The van der Waals surface area contributed by atoms with Crippen LogP contribution >= 0.6 is 11.6 Å². The number of sulfonamides is 1. The summed E-state index contributed by atoms with van der Waals surface area (Å²) in [5.74, 6) is -0.797. The first kappa shape index (κ1) is 23.1. The summed E-state index contributed by atoms with van der Waals surface area (Å²) in [6, 6.07) is 11.8. The molecule has 166 valence electrons. The van der Waals surface area contributed by atoms with Crippen LogP contribution in [0, 0.1) is 0 Å². The number of carbonyl (C=O) groups is 2. The number of carbonyl (C=O) groups excluding carboxylic acids is 2. The zero-order valence-corrected chi connectivity index (χ0v) is 18.8. The van der Waals surface area contributed by atoms with E-state index in [1.54, 1.807) is 47.4 Å². The van der Waals surface area contributed by atoms with Crippen LogP contribution in [0.5, 0.6) is 0 Å². The lowest BCUT2D eigenvalue weighted by molar-refractivity contribution is -0.116. The molecule has 1 atom stereocenters. The van der Waals surface area contributed by atoms with Crippen LogP contribution < -0.4 is 9.62 Å². The van der Waals surface area contributed by atoms with Gasteiger partial charge in [0.25, 0.3) is 5.91 Å². The van der Waals surface area contributed by atoms with Crippen molar-refractivity contribution >= 4 is 44.8 Å². The lowest BCUT2D eigenvalue weighted by atomic mass is 10.1. The van der Waals surface area contributed by atoms with E-state index in [9.17, 15) is 18.0 Å². The van der Waals surface area contributed by atoms with Crippen molar-refractivity contribution in [1.82, 2.24) is 4.90 Å². The molecule has 1 N–H and O–H groups in total. The van der Waals surface area contributed by atoms with Gasteiger partial charge in [-0.3, -0.25) is 13.9 Å². The Bertz CT molecular complexity index is 1070. The lowest BCUT2D eigenvalue weighted by Crippen LogP contribution is -2.45. The number of rotatable bonds is 6. The van der Waals surface area contributed by atoms with Gasteiger partial charge >= 0.3 is 0 Å². The number of hydrogen-bond acceptors (Lipinski definition) is 5. The largest absolute Gasteiger partial charge is 0.378 e. The first-order valence-electron chi connectivity index (χ1n) is 9.70. The number of halogens is 1. The average molecular weight is 466 g/mol. The summed E-state index contributed by atoms with van der Waals surface area (Å²) in [5, 5.41) is 3.06. The highest BCUT2D eigenvalue weighted by Crippen LogP contribution is 2.25. The number of para-hydroxylation sites is 1. The van der Waals surface area contributed by atoms with Crippen molar-refractivity contribution in [2.24, 2.45) is 0 Å². The molecule has 0 spiro atoms. The number of nitrogens with one attached hydrogen (secondary N) is 1. The third-order valence-electron chi connectivity index (χ3n) is 4.86. The van der Waals surface area contributed by atoms with Crippen LogP contribution in [-0.4, -0.2) is 63.7 Å². The molecule has 2 aromatic carbocycles. The van der Waals surface area contributed by atoms with Crippen molar-refractivity contribution in [3.63, 3.8) is 0 Å². The maximum Gasteiger partial charge on any atom is 0.256 e. The molecule has 1 saturated heterocycles. The van der Waals surface area contributed by atoms with E-state index in [0.29, 0.717) is 42.6 Å². The maximum absolute atomic E-state index is 13.0. The molecule has 8 nitrogen and oxygen atoms in total. The first-order chi connectivity index (χ1) is 14.7. The molecular weight excluding hydrogens is 442 g/mol. The number of hydrogen-bond donors (Lipinski definition) is 1. The summed E-state index contributed by atoms with van der Waals surface area (Å²) in [5.41, 5.74) is 0.921. The van der Waals surface area contributed by atoms with Gasteiger partial charge in [-0.1, -0.05) is 29.8 Å². The van der Waals surface area contributed by atoms with Crippen LogP contribution in [0.15, 0.2) is 48.5 Å². The Morgan fingerprint density at radius 1 is 1.13 bits per heavy atom. The van der Waals surface area contributed by atoms with Crippen molar-refractivity contribution in [2.75, 3.05) is 42.2 Å². The molecule has 2 aromatic rings. The molecule has 10 heteroatoms. The van der Waals surface area contributed by atoms with Crippen molar-refractivity contribution in [1.29, 1.82) is 0 Å². The van der Waals surface area contributed by atoms with Gasteiger partial charge in [-0.25, -0.2) is 8.42 Å². The molecule has 0 saturated carbocycles. The average Bonchev–Trinajstić information content (AvgIpc) is 2.73. The molecule has 1 unspecified atom stereocenters. The van der Waals surface area contributed by atoms with Crippen LogP contribution in [0.3, 0.4) is 0 Å². The van der Waals surface area contributed by atoms with Crippen LogP contribution in [0.2, 0.25) is 5.02 Å². The van der Waals surface area contributed by atoms with Gasteiger partial charge in [0.15, 0.2) is 0 Å². The predicted octanol–water partition coefficient (Wildman–Crippen LogP) is 2.61. The van der Waals surface area contributed by atoms with Gasteiger partial charge in [0, 0.05) is 18.1 Å². The highest BCUT2D eigenvalue weighted by molar-refractivity contribution is 7.92. The normalized spacial score (nSPS) is 15.3. The van der Waals surface area contributed by atoms with Gasteiger partial charge in [-0.2, -0.15) is 0 Å². The van der Waals surface area contributed by atoms with E-state index in [2.05, 4.69) is 5.32 Å². The number of benzene rings is 2. The Labute approximate surface area is 186 Å². The number of morpholine rings is 1. The van der Waals surface area contributed by atoms with Gasteiger partial charge in [0.05, 0.1) is 36.4 Å². The monoisotopic (exact) mass is 465 g/mol. The SMILES string of the molecule is CC(C(=O)Nc1ccccc1C(=O)N1CCOCC1)N(c1cccc(Cl)c1)S(C)(=O)=O. The Kier molecular flexibility index (Phi) is 7.19. The minimum absolute atomic E-state index is 0.221. The van der Waals surface area contributed by atoms with E-state index in [4.69, 9.17) is 16.3 Å². The van der Waals surface area contributed by atoms with E-state index in [-0.39, 0.29) is 11.6 Å². The second kappa shape index (κ2) is 9.67. The second-order valence-corrected chi connectivity index (χ2v) is 9.45. The molecule has 1 aliphatic rings. The second-order valence-electron chi connectivity index (χ2n) is 7.15. The summed E-state index contributed by atoms with van der Waals surface area (Å²) in [6.07, 6.45) is 1.02. The summed E-state index contributed by atoms with van der Waals surface area (Å²) in [7, 11) is -3.79. The fourth-order valence-electron chi connectivity index (χ4n) is 3.37. The van der Waals surface area contributed by atoms with E-state index >= 15 is 0 Å². The molecule has 31 heavy (non-hydrogen) atoms. The van der Waals surface area contributed by atoms with Crippen molar-refractivity contribution in [3.05, 3.63) is 59.1 Å². The van der Waals surface area contributed by atoms with Crippen LogP contribution in [0.4, 0.5) is 11.4 Å². The summed E-state index contributed by atoms with van der Waals surface area (Å²) < 4.78 is 31.2. The van der Waals surface area contributed by atoms with Gasteiger partial charge in [0.1, 0.15) is 6.04 Å². The molecule has 1 aliphatic heterocycles. The van der Waals surface area contributed by atoms with Crippen LogP contribution in [0.1, 0.15) is 17.3 Å². The number of anilines is 2. The predicted molar refractivity (Wildman–Crippen MR) is 120 cm³/mol. The fourth-order valence-corrected chi connectivity index (χ4v) is 4.73. The minimum Gasteiger partial charge on any atom is -0.378 e. The third-order valence-corrected chi connectivity index (χ3v) is 6.34. The quantitative estimate of drug-likeness (QED) is 0.707. The first-order valence-corrected chi connectivity index (χ1v) is 11.9. The van der Waals surface area contributed by atoms with Gasteiger partial charge in [-0.05, 0) is 37.3 Å². The van der Waals surface area contributed by atoms with Crippen molar-refractivity contribution in [2.45, 2.75) is 13.0 Å². The number of ether oxygens (including phenoxy) is 1. The molecular formula is C21H24ClN3O5S. The van der Waals surface area contributed by atoms with E-state index < -0.39 is 22.0 Å². The molecule has 1 heterocycles. The van der Waals surface area contributed by atoms with E-state index in [0.717, 1.165) is 10.6 Å². The molecule has 1 fully saturated rings. The molecule has 0 radical (unpaired) electrons. The topological polar surface area (TPSA) is 96.0 Å². The Hall–Kier alpha value is -2.62. The van der Waals surface area contributed by atoms with Crippen LogP contribution in [0.25, 0.3) is 0 Å². The summed E-state index contributed by atoms with van der Waals surface area (Å²) >= 11 is 6.01. The van der Waals surface area contributed by atoms with E-state index in [1.807, 2.05) is 0 Å². The molecule has 2 amide bonds. The van der Waals surface area contributed by atoms with E-state index in [1.165, 1.54) is 13.0 Å². The Balaban J connectivity index is 1.85. The summed E-state index contributed by atoms with van der Waals surface area (Å²) in [6.45, 7) is 3.33. The third kappa shape index (κ3) is 5.55. The Morgan fingerprint density at radius 2 is 1.81 bits per heavy atom. The highest BCUT2D eigenvalue weighted by Gasteiger charge is 2.30. The smallest absolute Gasteiger partial charge is 0.256 e. The zero-order chi connectivity index (χ0) is 22.6. The standard InChI is InChI=1S/C21H24ClN3O5S/c1-15(25(31(2,28)29)17-7-5-6-16(22)14-17)20(26)23-19-9-4-3-8-18(19)21(27)24-10-12-30-13-11-24/h3-9,14-15H,10-13H2,1-2H3,(H,23,26).